The lowest BCUT2D eigenvalue weighted by molar-refractivity contribution is -0.159. The monoisotopic (exact) mass is 238 g/mol. The van der Waals surface area contributed by atoms with Gasteiger partial charge in [-0.2, -0.15) is 0 Å². The SMILES string of the molecule is CCC(C(=O)OC(C)(C)C)n1cnccc1=O. The fraction of sp³-hybridized carbons (Fsp3) is 0.583. The van der Waals surface area contributed by atoms with Crippen LogP contribution in [0.4, 0.5) is 0 Å². The summed E-state index contributed by atoms with van der Waals surface area (Å²) in [6, 6.07) is 0.711. The zero-order valence-electron chi connectivity index (χ0n) is 10.6. The average Bonchev–Trinajstić information content (AvgIpc) is 2.19. The smallest absolute Gasteiger partial charge is 0.329 e. The third-order valence-corrected chi connectivity index (χ3v) is 2.15. The second kappa shape index (κ2) is 5.12. The number of rotatable bonds is 3. The third kappa shape index (κ3) is 3.69. The lowest BCUT2D eigenvalue weighted by Crippen LogP contribution is -2.34. The van der Waals surface area contributed by atoms with Gasteiger partial charge in [0.2, 0.25) is 0 Å². The number of ether oxygens (including phenoxy) is 1. The van der Waals surface area contributed by atoms with Crippen molar-refractivity contribution >= 4 is 5.97 Å². The Morgan fingerprint density at radius 2 is 2.18 bits per heavy atom. The summed E-state index contributed by atoms with van der Waals surface area (Å²) >= 11 is 0. The number of esters is 1. The standard InChI is InChI=1S/C12H18N2O3/c1-5-9(11(16)17-12(2,3)4)14-8-13-7-6-10(14)15/h6-9H,5H2,1-4H3. The summed E-state index contributed by atoms with van der Waals surface area (Å²) in [6.45, 7) is 7.21. The van der Waals surface area contributed by atoms with Crippen molar-refractivity contribution < 1.29 is 9.53 Å². The Bertz CT molecular complexity index is 446. The number of hydrogen-bond donors (Lipinski definition) is 0. The first-order valence-electron chi connectivity index (χ1n) is 5.60. The molecule has 0 N–H and O–H groups in total. The molecule has 5 nitrogen and oxygen atoms in total. The van der Waals surface area contributed by atoms with E-state index >= 15 is 0 Å². The molecule has 1 heterocycles. The highest BCUT2D eigenvalue weighted by atomic mass is 16.6. The Kier molecular flexibility index (Phi) is 4.04. The maximum Gasteiger partial charge on any atom is 0.329 e. The molecule has 1 unspecified atom stereocenters. The summed E-state index contributed by atoms with van der Waals surface area (Å²) in [4.78, 5) is 27.4. The van der Waals surface area contributed by atoms with Crippen LogP contribution in [0.25, 0.3) is 0 Å². The molecule has 17 heavy (non-hydrogen) atoms. The zero-order chi connectivity index (χ0) is 13.1. The van der Waals surface area contributed by atoms with Crippen molar-refractivity contribution in [3.05, 3.63) is 28.9 Å². The largest absolute Gasteiger partial charge is 0.458 e. The summed E-state index contributed by atoms with van der Waals surface area (Å²) in [6.07, 6.45) is 3.25. The first-order valence-corrected chi connectivity index (χ1v) is 5.60. The molecule has 1 rings (SSSR count). The Morgan fingerprint density at radius 1 is 1.53 bits per heavy atom. The maximum atomic E-state index is 11.9. The van der Waals surface area contributed by atoms with Gasteiger partial charge in [-0.15, -0.1) is 0 Å². The van der Waals surface area contributed by atoms with Crippen LogP contribution in [0, 0.1) is 0 Å². The second-order valence-electron chi connectivity index (χ2n) is 4.78. The highest BCUT2D eigenvalue weighted by Gasteiger charge is 2.25. The lowest BCUT2D eigenvalue weighted by atomic mass is 10.1. The topological polar surface area (TPSA) is 61.2 Å². The summed E-state index contributed by atoms with van der Waals surface area (Å²) in [5, 5.41) is 0. The van der Waals surface area contributed by atoms with Gasteiger partial charge in [-0.1, -0.05) is 6.92 Å². The lowest BCUT2D eigenvalue weighted by Gasteiger charge is -2.24. The minimum atomic E-state index is -0.615. The Labute approximate surface area is 100 Å². The molecule has 5 heteroatoms. The van der Waals surface area contributed by atoms with E-state index in [1.54, 1.807) is 20.8 Å². The van der Waals surface area contributed by atoms with E-state index in [2.05, 4.69) is 4.98 Å². The molecular weight excluding hydrogens is 220 g/mol. The number of carbonyl (C=O) groups is 1. The van der Waals surface area contributed by atoms with E-state index in [0.29, 0.717) is 6.42 Å². The molecule has 0 fully saturated rings. The molecule has 0 saturated carbocycles. The van der Waals surface area contributed by atoms with Gasteiger partial charge in [-0.25, -0.2) is 9.78 Å². The van der Waals surface area contributed by atoms with Gasteiger partial charge in [0.1, 0.15) is 11.6 Å². The normalized spacial score (nSPS) is 13.2. The molecule has 0 bridgehead atoms. The van der Waals surface area contributed by atoms with Gasteiger partial charge in [0.15, 0.2) is 0 Å². The zero-order valence-corrected chi connectivity index (χ0v) is 10.6. The van der Waals surface area contributed by atoms with Gasteiger partial charge in [0.05, 0.1) is 6.33 Å². The summed E-state index contributed by atoms with van der Waals surface area (Å²) in [5.41, 5.74) is -0.811. The average molecular weight is 238 g/mol. The molecule has 0 aromatic carbocycles. The molecule has 0 spiro atoms. The van der Waals surface area contributed by atoms with Crippen molar-refractivity contribution in [2.24, 2.45) is 0 Å². The molecule has 1 aromatic heterocycles. The molecule has 0 aliphatic carbocycles. The van der Waals surface area contributed by atoms with Crippen molar-refractivity contribution in [2.75, 3.05) is 0 Å². The van der Waals surface area contributed by atoms with E-state index in [1.807, 2.05) is 6.92 Å². The van der Waals surface area contributed by atoms with Crippen LogP contribution in [0.15, 0.2) is 23.4 Å². The van der Waals surface area contributed by atoms with E-state index in [-0.39, 0.29) is 5.56 Å². The maximum absolute atomic E-state index is 11.9. The van der Waals surface area contributed by atoms with E-state index in [1.165, 1.54) is 23.2 Å². The molecule has 1 aromatic rings. The van der Waals surface area contributed by atoms with Crippen LogP contribution in [0.3, 0.4) is 0 Å². The molecule has 0 aliphatic rings. The Morgan fingerprint density at radius 3 is 2.65 bits per heavy atom. The minimum Gasteiger partial charge on any atom is -0.458 e. The van der Waals surface area contributed by atoms with Gasteiger partial charge in [0, 0.05) is 12.3 Å². The van der Waals surface area contributed by atoms with Gasteiger partial charge in [-0.3, -0.25) is 9.36 Å². The first kappa shape index (κ1) is 13.4. The number of hydrogen-bond acceptors (Lipinski definition) is 4. The minimum absolute atomic E-state index is 0.252. The van der Waals surface area contributed by atoms with Crippen molar-refractivity contribution in [2.45, 2.75) is 45.8 Å². The molecule has 94 valence electrons. The van der Waals surface area contributed by atoms with Crippen LogP contribution in [-0.4, -0.2) is 21.1 Å². The van der Waals surface area contributed by atoms with Gasteiger partial charge in [0.25, 0.3) is 5.56 Å². The quantitative estimate of drug-likeness (QED) is 0.749. The molecule has 0 aliphatic heterocycles. The molecule has 0 amide bonds. The fourth-order valence-electron chi connectivity index (χ4n) is 1.44. The molecular formula is C12H18N2O3. The van der Waals surface area contributed by atoms with Crippen LogP contribution in [0.5, 0.6) is 0 Å². The van der Waals surface area contributed by atoms with Crippen LogP contribution >= 0.6 is 0 Å². The van der Waals surface area contributed by atoms with E-state index in [4.69, 9.17) is 4.74 Å². The van der Waals surface area contributed by atoms with Crippen LogP contribution in [0.2, 0.25) is 0 Å². The van der Waals surface area contributed by atoms with Crippen LogP contribution in [-0.2, 0) is 9.53 Å². The molecule has 1 atom stereocenters. The predicted molar refractivity (Wildman–Crippen MR) is 63.7 cm³/mol. The third-order valence-electron chi connectivity index (χ3n) is 2.15. The van der Waals surface area contributed by atoms with Crippen molar-refractivity contribution in [1.82, 2.24) is 9.55 Å². The highest BCUT2D eigenvalue weighted by molar-refractivity contribution is 5.74. The van der Waals surface area contributed by atoms with Crippen molar-refractivity contribution in [3.8, 4) is 0 Å². The first-order chi connectivity index (χ1) is 7.85. The Hall–Kier alpha value is -1.65. The van der Waals surface area contributed by atoms with Crippen LogP contribution in [0.1, 0.15) is 40.2 Å². The van der Waals surface area contributed by atoms with Crippen molar-refractivity contribution in [3.63, 3.8) is 0 Å². The highest BCUT2D eigenvalue weighted by Crippen LogP contribution is 2.16. The van der Waals surface area contributed by atoms with Gasteiger partial charge in [-0.05, 0) is 27.2 Å². The second-order valence-corrected chi connectivity index (χ2v) is 4.78. The van der Waals surface area contributed by atoms with E-state index < -0.39 is 17.6 Å². The van der Waals surface area contributed by atoms with Gasteiger partial charge < -0.3 is 4.74 Å². The number of carbonyl (C=O) groups excluding carboxylic acids is 1. The molecule has 0 radical (unpaired) electrons. The summed E-state index contributed by atoms with van der Waals surface area (Å²) < 4.78 is 6.57. The Balaban J connectivity index is 2.97. The van der Waals surface area contributed by atoms with E-state index in [0.717, 1.165) is 0 Å². The van der Waals surface area contributed by atoms with Crippen molar-refractivity contribution in [1.29, 1.82) is 0 Å². The predicted octanol–water partition coefficient (Wildman–Crippen LogP) is 1.54. The molecule has 0 saturated heterocycles. The van der Waals surface area contributed by atoms with Gasteiger partial charge >= 0.3 is 5.97 Å². The summed E-state index contributed by atoms with van der Waals surface area (Å²) in [7, 11) is 0. The van der Waals surface area contributed by atoms with Crippen LogP contribution < -0.4 is 5.56 Å². The fourth-order valence-corrected chi connectivity index (χ4v) is 1.44. The van der Waals surface area contributed by atoms with E-state index in [9.17, 15) is 9.59 Å². The number of nitrogens with zero attached hydrogens (tertiary/aromatic N) is 2. The summed E-state index contributed by atoms with van der Waals surface area (Å²) in [5.74, 6) is -0.407. The number of aromatic nitrogens is 2.